The average Bonchev–Trinajstić information content (AvgIpc) is 3.34. The number of hydrogen-bond acceptors (Lipinski definition) is 4. The van der Waals surface area contributed by atoms with Crippen LogP contribution in [0.2, 0.25) is 10.0 Å². The van der Waals surface area contributed by atoms with Gasteiger partial charge in [0.2, 0.25) is 0 Å². The van der Waals surface area contributed by atoms with Gasteiger partial charge in [-0.25, -0.2) is 4.39 Å². The predicted molar refractivity (Wildman–Crippen MR) is 141 cm³/mol. The summed E-state index contributed by atoms with van der Waals surface area (Å²) in [6, 6.07) is 12.7. The van der Waals surface area contributed by atoms with Crippen molar-refractivity contribution in [2.45, 2.75) is 88.8 Å². The Morgan fingerprint density at radius 2 is 1.83 bits per heavy atom. The Bertz CT molecular complexity index is 1180. The molecule has 1 heterocycles. The molecule has 1 N–H and O–H groups in total. The van der Waals surface area contributed by atoms with Crippen LogP contribution in [-0.2, 0) is 14.9 Å². The second-order valence-electron chi connectivity index (χ2n) is 11.6. The fourth-order valence-corrected chi connectivity index (χ4v) is 6.54. The normalized spacial score (nSPS) is 27.6. The lowest BCUT2D eigenvalue weighted by molar-refractivity contribution is -0.157. The number of nitrogens with zero attached hydrogens (tertiary/aromatic N) is 1. The number of hydrogen-bond donors (Lipinski definition) is 1. The van der Waals surface area contributed by atoms with Crippen molar-refractivity contribution in [2.24, 2.45) is 5.41 Å². The van der Waals surface area contributed by atoms with E-state index >= 15 is 4.39 Å². The van der Waals surface area contributed by atoms with Crippen LogP contribution in [0.25, 0.3) is 0 Å². The lowest BCUT2D eigenvalue weighted by atomic mass is 9.62. The van der Waals surface area contributed by atoms with E-state index in [1.165, 1.54) is 6.07 Å². The van der Waals surface area contributed by atoms with Gasteiger partial charge in [0.15, 0.2) is 0 Å². The van der Waals surface area contributed by atoms with E-state index in [2.05, 4.69) is 18.3 Å². The lowest BCUT2D eigenvalue weighted by Crippen LogP contribution is -2.45. The van der Waals surface area contributed by atoms with Crippen LogP contribution < -0.4 is 5.32 Å². The minimum atomic E-state index is -1.40. The van der Waals surface area contributed by atoms with Gasteiger partial charge in [-0.3, -0.25) is 10.1 Å². The number of halogens is 3. The van der Waals surface area contributed by atoms with Gasteiger partial charge in [0.05, 0.1) is 6.07 Å². The van der Waals surface area contributed by atoms with Crippen molar-refractivity contribution >= 4 is 29.2 Å². The molecule has 2 aromatic rings. The summed E-state index contributed by atoms with van der Waals surface area (Å²) in [5.74, 6) is -1.77. The summed E-state index contributed by atoms with van der Waals surface area (Å²) in [5, 5.41) is 15.2. The lowest BCUT2D eigenvalue weighted by Gasteiger charge is -2.38. The highest BCUT2D eigenvalue weighted by Gasteiger charge is 2.61. The molecule has 0 unspecified atom stereocenters. The fraction of sp³-hybridized carbons (Fsp3) is 0.517. The van der Waals surface area contributed by atoms with Crippen molar-refractivity contribution in [2.75, 3.05) is 0 Å². The zero-order valence-electron chi connectivity index (χ0n) is 21.2. The maximum Gasteiger partial charge on any atom is 0.324 e. The average molecular weight is 531 g/mol. The molecule has 1 saturated carbocycles. The van der Waals surface area contributed by atoms with Gasteiger partial charge in [0.1, 0.15) is 22.9 Å². The van der Waals surface area contributed by atoms with E-state index in [4.69, 9.17) is 27.9 Å². The van der Waals surface area contributed by atoms with E-state index in [-0.39, 0.29) is 16.0 Å². The topological polar surface area (TPSA) is 62.1 Å². The van der Waals surface area contributed by atoms with Gasteiger partial charge in [0.25, 0.3) is 0 Å². The molecule has 0 aromatic heterocycles. The number of benzene rings is 2. The molecule has 0 radical (unpaired) electrons. The van der Waals surface area contributed by atoms with Gasteiger partial charge in [0, 0.05) is 27.6 Å². The highest BCUT2D eigenvalue weighted by molar-refractivity contribution is 6.30. The SMILES string of the molecule is CC1(C[C@@H]2N[C@@H](C(=O)OC(C)(C)C)[C@H](c3cccc(Cl)c3)[C@@]2(C#N)c2ccc(Cl)cc2F)CCCC1. The Kier molecular flexibility index (Phi) is 7.45. The van der Waals surface area contributed by atoms with Gasteiger partial charge >= 0.3 is 5.97 Å². The molecule has 0 bridgehead atoms. The third-order valence-corrected chi connectivity index (χ3v) is 8.16. The van der Waals surface area contributed by atoms with Crippen LogP contribution in [0, 0.1) is 22.6 Å². The molecule has 2 fully saturated rings. The van der Waals surface area contributed by atoms with Crippen LogP contribution in [0.3, 0.4) is 0 Å². The van der Waals surface area contributed by atoms with Crippen molar-refractivity contribution in [1.29, 1.82) is 5.26 Å². The summed E-state index contributed by atoms with van der Waals surface area (Å²) in [7, 11) is 0. The number of nitriles is 1. The van der Waals surface area contributed by atoms with Gasteiger partial charge in [-0.05, 0) is 75.3 Å². The first-order valence-corrected chi connectivity index (χ1v) is 13.3. The van der Waals surface area contributed by atoms with Crippen LogP contribution in [0.4, 0.5) is 4.39 Å². The van der Waals surface area contributed by atoms with E-state index in [0.717, 1.165) is 25.7 Å². The summed E-state index contributed by atoms with van der Waals surface area (Å²) in [6.45, 7) is 7.64. The third-order valence-electron chi connectivity index (χ3n) is 7.69. The summed E-state index contributed by atoms with van der Waals surface area (Å²) in [5.41, 5.74) is -1.24. The summed E-state index contributed by atoms with van der Waals surface area (Å²) in [4.78, 5) is 13.6. The smallest absolute Gasteiger partial charge is 0.324 e. The Balaban J connectivity index is 1.95. The van der Waals surface area contributed by atoms with Crippen molar-refractivity contribution in [3.05, 3.63) is 69.5 Å². The number of ether oxygens (including phenoxy) is 1. The van der Waals surface area contributed by atoms with Crippen molar-refractivity contribution < 1.29 is 13.9 Å². The van der Waals surface area contributed by atoms with E-state index in [1.807, 2.05) is 26.8 Å². The maximum absolute atomic E-state index is 15.7. The van der Waals surface area contributed by atoms with Crippen LogP contribution >= 0.6 is 23.2 Å². The van der Waals surface area contributed by atoms with Crippen LogP contribution in [0.1, 0.15) is 76.8 Å². The number of rotatable bonds is 5. The molecular weight excluding hydrogens is 498 g/mol. The van der Waals surface area contributed by atoms with Crippen molar-refractivity contribution in [3.8, 4) is 6.07 Å². The second-order valence-corrected chi connectivity index (χ2v) is 12.5. The standard InChI is InChI=1S/C29H33Cl2FN2O2/c1-27(2,3)36-26(35)25-24(18-8-7-9-19(30)14-18)29(17-33,21-11-10-20(31)15-22(21)32)23(34-25)16-28(4)12-5-6-13-28/h7-11,14-15,23-25,34H,5-6,12-13,16H2,1-4H3/t23-,24-,25+,29-/m0/s1. The fourth-order valence-electron chi connectivity index (χ4n) is 6.18. The largest absolute Gasteiger partial charge is 0.459 e. The summed E-state index contributed by atoms with van der Waals surface area (Å²) < 4.78 is 21.5. The molecule has 2 aliphatic rings. The molecule has 2 aromatic carbocycles. The molecule has 1 aliphatic heterocycles. The zero-order chi connectivity index (χ0) is 26.3. The molecule has 4 nitrogen and oxygen atoms in total. The summed E-state index contributed by atoms with van der Waals surface area (Å²) in [6.07, 6.45) is 4.90. The number of nitrogens with one attached hydrogen (secondary N) is 1. The van der Waals surface area contributed by atoms with Gasteiger partial charge in [-0.1, -0.05) is 61.2 Å². The first-order valence-electron chi connectivity index (χ1n) is 12.5. The highest BCUT2D eigenvalue weighted by Crippen LogP contribution is 2.54. The van der Waals surface area contributed by atoms with Gasteiger partial charge in [-0.2, -0.15) is 5.26 Å². The number of carbonyl (C=O) groups is 1. The molecular formula is C29H33Cl2FN2O2. The molecule has 36 heavy (non-hydrogen) atoms. The molecule has 0 spiro atoms. The van der Waals surface area contributed by atoms with E-state index in [0.29, 0.717) is 17.0 Å². The first kappa shape index (κ1) is 26.9. The van der Waals surface area contributed by atoms with Gasteiger partial charge in [-0.15, -0.1) is 0 Å². The van der Waals surface area contributed by atoms with Gasteiger partial charge < -0.3 is 4.74 Å². The predicted octanol–water partition coefficient (Wildman–Crippen LogP) is 7.33. The highest BCUT2D eigenvalue weighted by atomic mass is 35.5. The van der Waals surface area contributed by atoms with Crippen molar-refractivity contribution in [1.82, 2.24) is 5.32 Å². The van der Waals surface area contributed by atoms with Crippen LogP contribution in [-0.4, -0.2) is 23.7 Å². The molecule has 192 valence electrons. The van der Waals surface area contributed by atoms with E-state index in [9.17, 15) is 10.1 Å². The molecule has 1 aliphatic carbocycles. The van der Waals surface area contributed by atoms with Crippen LogP contribution in [0.15, 0.2) is 42.5 Å². The molecule has 4 rings (SSSR count). The zero-order valence-corrected chi connectivity index (χ0v) is 22.7. The number of carbonyl (C=O) groups excluding carboxylic acids is 1. The Morgan fingerprint density at radius 1 is 1.17 bits per heavy atom. The minimum Gasteiger partial charge on any atom is -0.459 e. The molecule has 0 amide bonds. The Hall–Kier alpha value is -2.13. The Labute approximate surface area is 223 Å². The minimum absolute atomic E-state index is 0.0234. The number of esters is 1. The van der Waals surface area contributed by atoms with E-state index in [1.54, 1.807) is 30.3 Å². The second kappa shape index (κ2) is 9.97. The van der Waals surface area contributed by atoms with Crippen LogP contribution in [0.5, 0.6) is 0 Å². The first-order chi connectivity index (χ1) is 16.9. The molecule has 1 saturated heterocycles. The molecule has 4 atom stereocenters. The van der Waals surface area contributed by atoms with Crippen molar-refractivity contribution in [3.63, 3.8) is 0 Å². The van der Waals surface area contributed by atoms with E-state index < -0.39 is 40.8 Å². The Morgan fingerprint density at radius 3 is 2.42 bits per heavy atom. The third kappa shape index (κ3) is 5.14. The quantitative estimate of drug-likeness (QED) is 0.411. The summed E-state index contributed by atoms with van der Waals surface area (Å²) >= 11 is 12.5. The maximum atomic E-state index is 15.7. The molecule has 7 heteroatoms. The monoisotopic (exact) mass is 530 g/mol.